The first-order chi connectivity index (χ1) is 14.2. The average Bonchev–Trinajstić information content (AvgIpc) is 3.45. The molecule has 0 spiro atoms. The lowest BCUT2D eigenvalue weighted by molar-refractivity contribution is -0.126. The fourth-order valence-corrected chi connectivity index (χ4v) is 6.57. The summed E-state index contributed by atoms with van der Waals surface area (Å²) < 4.78 is 0. The van der Waals surface area contributed by atoms with Crippen LogP contribution in [0.15, 0.2) is 0 Å². The molecule has 0 saturated heterocycles. The topological polar surface area (TPSA) is 58.2 Å². The quantitative estimate of drug-likeness (QED) is 0.649. The molecule has 164 valence electrons. The average molecular weight is 403 g/mol. The molecule has 4 fully saturated rings. The molecule has 4 saturated carbocycles. The summed E-state index contributed by atoms with van der Waals surface area (Å²) in [4.78, 5) is 24.7. The molecule has 0 aromatic rings. The van der Waals surface area contributed by atoms with Crippen molar-refractivity contribution < 1.29 is 9.59 Å². The molecule has 4 heteroatoms. The zero-order valence-corrected chi connectivity index (χ0v) is 18.3. The molecular formula is C25H42N2O2. The lowest BCUT2D eigenvalue weighted by Crippen LogP contribution is -2.41. The number of rotatable bonds is 6. The van der Waals surface area contributed by atoms with Crippen LogP contribution in [0, 0.1) is 23.7 Å². The summed E-state index contributed by atoms with van der Waals surface area (Å²) in [5.41, 5.74) is 0. The number of hydrogen-bond donors (Lipinski definition) is 2. The van der Waals surface area contributed by atoms with Crippen molar-refractivity contribution in [2.24, 2.45) is 23.7 Å². The van der Waals surface area contributed by atoms with E-state index in [2.05, 4.69) is 10.6 Å². The third-order valence-corrected chi connectivity index (χ3v) is 8.50. The van der Waals surface area contributed by atoms with Crippen LogP contribution in [0.3, 0.4) is 0 Å². The van der Waals surface area contributed by atoms with Crippen LogP contribution in [0.5, 0.6) is 0 Å². The molecule has 4 rings (SSSR count). The highest BCUT2D eigenvalue weighted by Crippen LogP contribution is 2.36. The Morgan fingerprint density at radius 1 is 0.517 bits per heavy atom. The van der Waals surface area contributed by atoms with Gasteiger partial charge >= 0.3 is 0 Å². The van der Waals surface area contributed by atoms with Crippen molar-refractivity contribution in [3.8, 4) is 0 Å². The first kappa shape index (κ1) is 21.2. The predicted octanol–water partition coefficient (Wildman–Crippen LogP) is 5.11. The van der Waals surface area contributed by atoms with Crippen molar-refractivity contribution in [1.82, 2.24) is 10.6 Å². The second-order valence-corrected chi connectivity index (χ2v) is 10.7. The van der Waals surface area contributed by atoms with Gasteiger partial charge in [0.05, 0.1) is 0 Å². The van der Waals surface area contributed by atoms with Gasteiger partial charge in [-0.2, -0.15) is 0 Å². The molecule has 0 aliphatic heterocycles. The third kappa shape index (κ3) is 5.98. The van der Waals surface area contributed by atoms with Gasteiger partial charge in [0, 0.05) is 23.9 Å². The van der Waals surface area contributed by atoms with Crippen LogP contribution in [0.4, 0.5) is 0 Å². The van der Waals surface area contributed by atoms with Gasteiger partial charge < -0.3 is 10.6 Å². The van der Waals surface area contributed by atoms with Crippen LogP contribution in [0.1, 0.15) is 109 Å². The maximum absolute atomic E-state index is 12.4. The van der Waals surface area contributed by atoms with E-state index < -0.39 is 0 Å². The molecule has 0 bridgehead atoms. The van der Waals surface area contributed by atoms with E-state index in [4.69, 9.17) is 0 Å². The van der Waals surface area contributed by atoms with Crippen LogP contribution < -0.4 is 10.6 Å². The number of carbonyl (C=O) groups excluding carboxylic acids is 2. The standard InChI is InChI=1S/C25H42N2O2/c28-24(20-5-1-2-6-20)26-22-13-9-18(10-14-22)17-19-11-15-23(16-12-19)27-25(29)21-7-3-4-8-21/h18-23H,1-17H2,(H,26,28)(H,27,29). The Bertz CT molecular complexity index is 487. The van der Waals surface area contributed by atoms with Crippen LogP contribution in [0.25, 0.3) is 0 Å². The first-order valence-corrected chi connectivity index (χ1v) is 12.8. The molecule has 0 radical (unpaired) electrons. The van der Waals surface area contributed by atoms with Crippen molar-refractivity contribution in [1.29, 1.82) is 0 Å². The van der Waals surface area contributed by atoms with E-state index in [1.807, 2.05) is 0 Å². The predicted molar refractivity (Wildman–Crippen MR) is 116 cm³/mol. The zero-order valence-electron chi connectivity index (χ0n) is 18.3. The van der Waals surface area contributed by atoms with E-state index in [9.17, 15) is 9.59 Å². The lowest BCUT2D eigenvalue weighted by atomic mass is 9.75. The number of hydrogen-bond acceptors (Lipinski definition) is 2. The number of nitrogens with one attached hydrogen (secondary N) is 2. The molecule has 0 unspecified atom stereocenters. The van der Waals surface area contributed by atoms with Gasteiger partial charge in [0.25, 0.3) is 0 Å². The van der Waals surface area contributed by atoms with Crippen LogP contribution in [0.2, 0.25) is 0 Å². The maximum Gasteiger partial charge on any atom is 0.223 e. The first-order valence-electron chi connectivity index (χ1n) is 12.8. The monoisotopic (exact) mass is 402 g/mol. The minimum atomic E-state index is 0.303. The number of amides is 2. The van der Waals surface area contributed by atoms with Crippen molar-refractivity contribution >= 4 is 11.8 Å². The molecule has 2 amide bonds. The van der Waals surface area contributed by atoms with Crippen LogP contribution >= 0.6 is 0 Å². The molecule has 4 nitrogen and oxygen atoms in total. The summed E-state index contributed by atoms with van der Waals surface area (Å²) in [6.07, 6.45) is 20.6. The highest BCUT2D eigenvalue weighted by atomic mass is 16.2. The SMILES string of the molecule is O=C(NC1CCC(CC2CCC(NC(=O)C3CCCC3)CC2)CC1)C1CCCC1. The highest BCUT2D eigenvalue weighted by molar-refractivity contribution is 5.79. The van der Waals surface area contributed by atoms with Gasteiger partial charge in [0.2, 0.25) is 11.8 Å². The summed E-state index contributed by atoms with van der Waals surface area (Å²) in [6, 6.07) is 0.863. The van der Waals surface area contributed by atoms with Crippen LogP contribution in [-0.4, -0.2) is 23.9 Å². The summed E-state index contributed by atoms with van der Waals surface area (Å²) in [6.45, 7) is 0. The van der Waals surface area contributed by atoms with Gasteiger partial charge in [0.15, 0.2) is 0 Å². The normalized spacial score (nSPS) is 34.2. The van der Waals surface area contributed by atoms with Gasteiger partial charge in [-0.05, 0) is 95.3 Å². The molecule has 0 aromatic heterocycles. The number of carbonyl (C=O) groups is 2. The molecule has 4 aliphatic carbocycles. The molecular weight excluding hydrogens is 360 g/mol. The molecule has 4 aliphatic rings. The molecule has 29 heavy (non-hydrogen) atoms. The Morgan fingerprint density at radius 3 is 1.21 bits per heavy atom. The highest BCUT2D eigenvalue weighted by Gasteiger charge is 2.31. The zero-order chi connectivity index (χ0) is 20.1. The van der Waals surface area contributed by atoms with E-state index in [1.54, 1.807) is 0 Å². The Labute approximate surface area is 177 Å². The van der Waals surface area contributed by atoms with E-state index in [-0.39, 0.29) is 0 Å². The van der Waals surface area contributed by atoms with E-state index >= 15 is 0 Å². The van der Waals surface area contributed by atoms with Crippen molar-refractivity contribution in [3.63, 3.8) is 0 Å². The van der Waals surface area contributed by atoms with Gasteiger partial charge in [-0.25, -0.2) is 0 Å². The molecule has 2 N–H and O–H groups in total. The van der Waals surface area contributed by atoms with Crippen molar-refractivity contribution in [2.75, 3.05) is 0 Å². The summed E-state index contributed by atoms with van der Waals surface area (Å²) in [5.74, 6) is 2.98. The smallest absolute Gasteiger partial charge is 0.223 e. The van der Waals surface area contributed by atoms with Gasteiger partial charge in [-0.1, -0.05) is 25.7 Å². The summed E-state index contributed by atoms with van der Waals surface area (Å²) in [7, 11) is 0. The minimum absolute atomic E-state index is 0.303. The Morgan fingerprint density at radius 2 is 0.862 bits per heavy atom. The third-order valence-electron chi connectivity index (χ3n) is 8.50. The molecule has 0 heterocycles. The summed E-state index contributed by atoms with van der Waals surface area (Å²) in [5, 5.41) is 6.71. The second-order valence-electron chi connectivity index (χ2n) is 10.7. The van der Waals surface area contributed by atoms with E-state index in [0.29, 0.717) is 35.7 Å². The summed E-state index contributed by atoms with van der Waals surface area (Å²) >= 11 is 0. The maximum atomic E-state index is 12.4. The Hall–Kier alpha value is -1.06. The molecule has 0 aromatic carbocycles. The fraction of sp³-hybridized carbons (Fsp3) is 0.920. The largest absolute Gasteiger partial charge is 0.353 e. The molecule has 0 atom stereocenters. The van der Waals surface area contributed by atoms with Gasteiger partial charge in [0.1, 0.15) is 0 Å². The van der Waals surface area contributed by atoms with Gasteiger partial charge in [-0.3, -0.25) is 9.59 Å². The van der Waals surface area contributed by atoms with Crippen molar-refractivity contribution in [2.45, 2.75) is 121 Å². The Balaban J connectivity index is 1.10. The Kier molecular flexibility index (Phi) is 7.53. The van der Waals surface area contributed by atoms with Crippen LogP contribution in [-0.2, 0) is 9.59 Å². The van der Waals surface area contributed by atoms with E-state index in [0.717, 1.165) is 37.5 Å². The second kappa shape index (κ2) is 10.3. The lowest BCUT2D eigenvalue weighted by Gasteiger charge is -2.35. The fourth-order valence-electron chi connectivity index (χ4n) is 6.57. The van der Waals surface area contributed by atoms with Crippen molar-refractivity contribution in [3.05, 3.63) is 0 Å². The van der Waals surface area contributed by atoms with E-state index in [1.165, 1.54) is 83.5 Å². The minimum Gasteiger partial charge on any atom is -0.353 e. The van der Waals surface area contributed by atoms with Gasteiger partial charge in [-0.15, -0.1) is 0 Å².